The Morgan fingerprint density at radius 3 is 2.80 bits per heavy atom. The van der Waals surface area contributed by atoms with Gasteiger partial charge >= 0.3 is 0 Å². The summed E-state index contributed by atoms with van der Waals surface area (Å²) in [6, 6.07) is 4.49. The van der Waals surface area contributed by atoms with Gasteiger partial charge in [0.05, 0.1) is 10.5 Å². The van der Waals surface area contributed by atoms with Crippen molar-refractivity contribution in [3.8, 4) is 0 Å². The molecule has 2 rings (SSSR count). The first-order chi connectivity index (χ1) is 7.13. The van der Waals surface area contributed by atoms with Crippen molar-refractivity contribution in [2.45, 2.75) is 20.3 Å². The van der Waals surface area contributed by atoms with Crippen LogP contribution in [0, 0.1) is 12.7 Å². The first-order valence-corrected chi connectivity index (χ1v) is 5.25. The van der Waals surface area contributed by atoms with Gasteiger partial charge in [0.25, 0.3) is 0 Å². The lowest BCUT2D eigenvalue weighted by atomic mass is 10.1. The van der Waals surface area contributed by atoms with E-state index in [2.05, 4.69) is 4.98 Å². The van der Waals surface area contributed by atoms with Crippen LogP contribution in [0.3, 0.4) is 0 Å². The molecule has 1 aromatic carbocycles. The maximum atomic E-state index is 13.0. The molecule has 0 N–H and O–H groups in total. The van der Waals surface area contributed by atoms with Crippen LogP contribution in [0.2, 0.25) is 5.02 Å². The second kappa shape index (κ2) is 3.78. The minimum Gasteiger partial charge on any atom is -0.252 e. The number of benzene rings is 1. The normalized spacial score (nSPS) is 10.9. The fraction of sp³-hybridized carbons (Fsp3) is 0.250. The van der Waals surface area contributed by atoms with Crippen LogP contribution in [0.25, 0.3) is 10.9 Å². The second-order valence-electron chi connectivity index (χ2n) is 3.51. The topological polar surface area (TPSA) is 12.9 Å². The Morgan fingerprint density at radius 1 is 1.40 bits per heavy atom. The predicted molar refractivity (Wildman–Crippen MR) is 60.8 cm³/mol. The first kappa shape index (κ1) is 10.4. The number of hydrogen-bond donors (Lipinski definition) is 0. The van der Waals surface area contributed by atoms with Crippen molar-refractivity contribution in [1.82, 2.24) is 4.98 Å². The highest BCUT2D eigenvalue weighted by Crippen LogP contribution is 2.28. The Kier molecular flexibility index (Phi) is 2.61. The molecule has 2 aromatic rings. The van der Waals surface area contributed by atoms with Crippen LogP contribution in [0.5, 0.6) is 0 Å². The van der Waals surface area contributed by atoms with Gasteiger partial charge in [-0.25, -0.2) is 4.39 Å². The highest BCUT2D eigenvalue weighted by atomic mass is 35.5. The minimum absolute atomic E-state index is 0.283. The SMILES string of the molecule is CCc1nc2ccc(F)cc2c(Cl)c1C. The highest BCUT2D eigenvalue weighted by molar-refractivity contribution is 6.36. The third-order valence-electron chi connectivity index (χ3n) is 2.55. The number of hydrogen-bond acceptors (Lipinski definition) is 1. The second-order valence-corrected chi connectivity index (χ2v) is 3.89. The quantitative estimate of drug-likeness (QED) is 0.715. The summed E-state index contributed by atoms with van der Waals surface area (Å²) >= 11 is 6.18. The number of aryl methyl sites for hydroxylation is 1. The molecule has 0 amide bonds. The molecule has 0 bridgehead atoms. The van der Waals surface area contributed by atoms with Crippen LogP contribution in [0.4, 0.5) is 4.39 Å². The van der Waals surface area contributed by atoms with Gasteiger partial charge in [-0.15, -0.1) is 0 Å². The van der Waals surface area contributed by atoms with Gasteiger partial charge in [0.15, 0.2) is 0 Å². The zero-order valence-electron chi connectivity index (χ0n) is 8.64. The van der Waals surface area contributed by atoms with E-state index in [-0.39, 0.29) is 5.82 Å². The molecule has 0 aliphatic carbocycles. The van der Waals surface area contributed by atoms with Crippen LogP contribution in [0.15, 0.2) is 18.2 Å². The van der Waals surface area contributed by atoms with E-state index in [4.69, 9.17) is 11.6 Å². The average Bonchev–Trinajstić information content (AvgIpc) is 2.24. The van der Waals surface area contributed by atoms with Crippen LogP contribution < -0.4 is 0 Å². The van der Waals surface area contributed by atoms with Gasteiger partial charge in [0.2, 0.25) is 0 Å². The van der Waals surface area contributed by atoms with E-state index in [1.807, 2.05) is 13.8 Å². The molecular weight excluding hydrogens is 213 g/mol. The summed E-state index contributed by atoms with van der Waals surface area (Å²) in [5.41, 5.74) is 2.67. The van der Waals surface area contributed by atoms with E-state index < -0.39 is 0 Å². The molecular formula is C12H11ClFN. The van der Waals surface area contributed by atoms with Crippen LogP contribution in [0.1, 0.15) is 18.2 Å². The summed E-state index contributed by atoms with van der Waals surface area (Å²) in [7, 11) is 0. The van der Waals surface area contributed by atoms with E-state index >= 15 is 0 Å². The van der Waals surface area contributed by atoms with E-state index in [1.165, 1.54) is 12.1 Å². The number of nitrogens with zero attached hydrogens (tertiary/aromatic N) is 1. The lowest BCUT2D eigenvalue weighted by molar-refractivity contribution is 0.629. The molecule has 0 aliphatic heterocycles. The summed E-state index contributed by atoms with van der Waals surface area (Å²) in [6.07, 6.45) is 0.832. The standard InChI is InChI=1S/C12H11ClFN/c1-3-10-7(2)12(13)9-6-8(14)4-5-11(9)15-10/h4-6H,3H2,1-2H3. The fourth-order valence-corrected chi connectivity index (χ4v) is 1.94. The van der Waals surface area contributed by atoms with Crippen LogP contribution in [-0.2, 0) is 6.42 Å². The van der Waals surface area contributed by atoms with E-state index in [1.54, 1.807) is 6.07 Å². The number of halogens is 2. The average molecular weight is 224 g/mol. The molecule has 1 nitrogen and oxygen atoms in total. The summed E-state index contributed by atoms with van der Waals surface area (Å²) in [5.74, 6) is -0.283. The molecule has 0 saturated carbocycles. The largest absolute Gasteiger partial charge is 0.252 e. The Morgan fingerprint density at radius 2 is 2.13 bits per heavy atom. The van der Waals surface area contributed by atoms with Crippen molar-refractivity contribution >= 4 is 22.5 Å². The third kappa shape index (κ3) is 1.70. The van der Waals surface area contributed by atoms with E-state index in [0.29, 0.717) is 10.4 Å². The molecule has 15 heavy (non-hydrogen) atoms. The van der Waals surface area contributed by atoms with Crippen LogP contribution >= 0.6 is 11.6 Å². The Bertz CT molecular complexity index is 523. The van der Waals surface area contributed by atoms with Crippen molar-refractivity contribution in [2.24, 2.45) is 0 Å². The summed E-state index contributed by atoms with van der Waals surface area (Å²) in [6.45, 7) is 3.94. The number of pyridine rings is 1. The van der Waals surface area contributed by atoms with E-state index in [9.17, 15) is 4.39 Å². The maximum Gasteiger partial charge on any atom is 0.124 e. The molecule has 1 aromatic heterocycles. The Hall–Kier alpha value is -1.15. The van der Waals surface area contributed by atoms with Gasteiger partial charge in [-0.05, 0) is 37.1 Å². The summed E-state index contributed by atoms with van der Waals surface area (Å²) < 4.78 is 13.0. The summed E-state index contributed by atoms with van der Waals surface area (Å²) in [5, 5.41) is 1.29. The van der Waals surface area contributed by atoms with Gasteiger partial charge in [0.1, 0.15) is 5.82 Å². The highest BCUT2D eigenvalue weighted by Gasteiger charge is 2.09. The molecule has 1 heterocycles. The molecule has 78 valence electrons. The first-order valence-electron chi connectivity index (χ1n) is 4.87. The fourth-order valence-electron chi connectivity index (χ4n) is 1.68. The van der Waals surface area contributed by atoms with Gasteiger partial charge in [-0.1, -0.05) is 18.5 Å². The molecule has 0 saturated heterocycles. The van der Waals surface area contributed by atoms with Gasteiger partial charge in [-0.2, -0.15) is 0 Å². The molecule has 3 heteroatoms. The smallest absolute Gasteiger partial charge is 0.124 e. The lowest BCUT2D eigenvalue weighted by Crippen LogP contribution is -1.95. The Labute approximate surface area is 92.9 Å². The van der Waals surface area contributed by atoms with Gasteiger partial charge in [0, 0.05) is 11.1 Å². The maximum absolute atomic E-state index is 13.0. The predicted octanol–water partition coefficient (Wildman–Crippen LogP) is 3.90. The Balaban J connectivity index is 2.84. The van der Waals surface area contributed by atoms with Gasteiger partial charge in [-0.3, -0.25) is 4.98 Å². The number of fused-ring (bicyclic) bond motifs is 1. The zero-order valence-corrected chi connectivity index (χ0v) is 9.40. The van der Waals surface area contributed by atoms with Crippen molar-refractivity contribution in [3.05, 3.63) is 40.3 Å². The van der Waals surface area contributed by atoms with E-state index in [0.717, 1.165) is 23.2 Å². The molecule has 0 unspecified atom stereocenters. The van der Waals surface area contributed by atoms with Crippen molar-refractivity contribution in [3.63, 3.8) is 0 Å². The number of aromatic nitrogens is 1. The van der Waals surface area contributed by atoms with Crippen molar-refractivity contribution < 1.29 is 4.39 Å². The third-order valence-corrected chi connectivity index (χ3v) is 3.03. The van der Waals surface area contributed by atoms with Crippen molar-refractivity contribution in [2.75, 3.05) is 0 Å². The van der Waals surface area contributed by atoms with Gasteiger partial charge < -0.3 is 0 Å². The molecule has 0 atom stereocenters. The van der Waals surface area contributed by atoms with Crippen LogP contribution in [-0.4, -0.2) is 4.98 Å². The molecule has 0 spiro atoms. The lowest BCUT2D eigenvalue weighted by Gasteiger charge is -2.08. The van der Waals surface area contributed by atoms with Crippen molar-refractivity contribution in [1.29, 1.82) is 0 Å². The zero-order chi connectivity index (χ0) is 11.0. The molecule has 0 fully saturated rings. The minimum atomic E-state index is -0.283. The summed E-state index contributed by atoms with van der Waals surface area (Å²) in [4.78, 5) is 4.44. The monoisotopic (exact) mass is 223 g/mol. The molecule has 0 radical (unpaired) electrons. The number of rotatable bonds is 1. The molecule has 0 aliphatic rings.